The predicted octanol–water partition coefficient (Wildman–Crippen LogP) is 23.0. The van der Waals surface area contributed by atoms with E-state index < -0.39 is 20.0 Å². The van der Waals surface area contributed by atoms with Gasteiger partial charge in [-0.2, -0.15) is 0 Å². The first-order valence-corrected chi connectivity index (χ1v) is 38.5. The normalized spacial score (nSPS) is 13.6. The number of aliphatic hydroxyl groups excluding tert-OH is 1. The number of hydrogen-bond acceptors (Lipinski definition) is 6. The highest BCUT2D eigenvalue weighted by molar-refractivity contribution is 7.45. The average Bonchev–Trinajstić information content (AvgIpc) is 3.47. The van der Waals surface area contributed by atoms with E-state index >= 15 is 0 Å². The van der Waals surface area contributed by atoms with E-state index in [2.05, 4.69) is 31.3 Å². The van der Waals surface area contributed by atoms with Crippen LogP contribution in [-0.2, 0) is 18.4 Å². The van der Waals surface area contributed by atoms with Crippen LogP contribution in [0.5, 0.6) is 0 Å². The number of amides is 1. The third-order valence-electron chi connectivity index (χ3n) is 17.5. The van der Waals surface area contributed by atoms with Crippen LogP contribution >= 0.6 is 7.82 Å². The van der Waals surface area contributed by atoms with Crippen molar-refractivity contribution in [3.05, 3.63) is 12.2 Å². The molecule has 9 heteroatoms. The molecule has 0 spiro atoms. The summed E-state index contributed by atoms with van der Waals surface area (Å²) in [6, 6.07) is -0.798. The third kappa shape index (κ3) is 66.8. The van der Waals surface area contributed by atoms with E-state index in [0.29, 0.717) is 23.9 Å². The van der Waals surface area contributed by atoms with Gasteiger partial charge in [-0.15, -0.1) is 0 Å². The Bertz CT molecular complexity index is 1340. The monoisotopic (exact) mass is 1180 g/mol. The number of carbonyl (C=O) groups excluding carboxylic acids is 1. The van der Waals surface area contributed by atoms with Gasteiger partial charge in [0.2, 0.25) is 5.91 Å². The Hall–Kier alpha value is -0.760. The van der Waals surface area contributed by atoms with Crippen molar-refractivity contribution < 1.29 is 32.9 Å². The van der Waals surface area contributed by atoms with Crippen molar-refractivity contribution in [2.45, 2.75) is 411 Å². The molecule has 0 heterocycles. The molecule has 0 bridgehead atoms. The van der Waals surface area contributed by atoms with Gasteiger partial charge in [0, 0.05) is 6.42 Å². The summed E-state index contributed by atoms with van der Waals surface area (Å²) < 4.78 is 23.6. The van der Waals surface area contributed by atoms with Crippen molar-refractivity contribution in [2.75, 3.05) is 40.9 Å². The largest absolute Gasteiger partial charge is 0.756 e. The van der Waals surface area contributed by atoms with Crippen molar-refractivity contribution in [1.29, 1.82) is 0 Å². The zero-order valence-electron chi connectivity index (χ0n) is 56.2. The Morgan fingerprint density at radius 1 is 0.415 bits per heavy atom. The van der Waals surface area contributed by atoms with Crippen LogP contribution in [0.1, 0.15) is 399 Å². The number of quaternary nitrogens is 1. The summed E-state index contributed by atoms with van der Waals surface area (Å²) in [6.45, 7) is 4.79. The Balaban J connectivity index is 3.91. The SMILES string of the molecule is CCCCCCCCCC/C=C\CCCCCCCCCCCCCCCCCCCCCCCCCCCC(=O)NC(COP(=O)([O-])OCC[N+](C)(C)C)C(O)CCCCCCCCCCCCCCCCCCCCCCCCC. The van der Waals surface area contributed by atoms with Crippen LogP contribution in [0.2, 0.25) is 0 Å². The topological polar surface area (TPSA) is 108 Å². The summed E-state index contributed by atoms with van der Waals surface area (Å²) in [7, 11) is 1.33. The molecule has 0 radical (unpaired) electrons. The van der Waals surface area contributed by atoms with E-state index in [4.69, 9.17) is 9.05 Å². The average molecular weight is 1180 g/mol. The number of phosphoric ester groups is 1. The summed E-state index contributed by atoms with van der Waals surface area (Å²) in [4.78, 5) is 25.7. The lowest BCUT2D eigenvalue weighted by Crippen LogP contribution is -2.46. The predicted molar refractivity (Wildman–Crippen MR) is 358 cm³/mol. The summed E-state index contributed by atoms with van der Waals surface area (Å²) in [6.07, 6.45) is 83.1. The van der Waals surface area contributed by atoms with E-state index in [1.807, 2.05) is 21.1 Å². The van der Waals surface area contributed by atoms with Gasteiger partial charge in [-0.1, -0.05) is 366 Å². The van der Waals surface area contributed by atoms with Gasteiger partial charge in [-0.3, -0.25) is 9.36 Å². The highest BCUT2D eigenvalue weighted by Crippen LogP contribution is 2.38. The van der Waals surface area contributed by atoms with Crippen molar-refractivity contribution in [3.63, 3.8) is 0 Å². The molecule has 0 aliphatic rings. The number of likely N-dealkylation sites (N-methyl/N-ethyl adjacent to an activating group) is 1. The van der Waals surface area contributed by atoms with E-state index in [0.717, 1.165) is 38.5 Å². The number of phosphoric acid groups is 1. The number of carbonyl (C=O) groups is 1. The Labute approximate surface area is 513 Å². The Kier molecular flexibility index (Phi) is 64.1. The van der Waals surface area contributed by atoms with Gasteiger partial charge in [0.15, 0.2) is 0 Å². The second-order valence-electron chi connectivity index (χ2n) is 27.0. The molecule has 0 saturated heterocycles. The molecular weight excluding hydrogens is 1030 g/mol. The molecule has 0 rings (SSSR count). The highest BCUT2D eigenvalue weighted by Gasteiger charge is 2.24. The second-order valence-corrected chi connectivity index (χ2v) is 28.4. The van der Waals surface area contributed by atoms with Gasteiger partial charge in [0.05, 0.1) is 39.9 Å². The van der Waals surface area contributed by atoms with Crippen molar-refractivity contribution in [2.24, 2.45) is 0 Å². The molecule has 490 valence electrons. The first-order valence-electron chi connectivity index (χ1n) is 37.0. The fourth-order valence-electron chi connectivity index (χ4n) is 11.7. The fraction of sp³-hybridized carbons (Fsp3) is 0.959. The molecule has 2 N–H and O–H groups in total. The number of nitrogens with zero attached hydrogens (tertiary/aromatic N) is 1. The zero-order chi connectivity index (χ0) is 59.8. The molecule has 82 heavy (non-hydrogen) atoms. The lowest BCUT2D eigenvalue weighted by atomic mass is 10.0. The third-order valence-corrected chi connectivity index (χ3v) is 18.5. The van der Waals surface area contributed by atoms with Gasteiger partial charge in [0.1, 0.15) is 13.2 Å². The van der Waals surface area contributed by atoms with Crippen LogP contribution in [-0.4, -0.2) is 68.5 Å². The van der Waals surface area contributed by atoms with Gasteiger partial charge < -0.3 is 28.8 Å². The first kappa shape index (κ1) is 81.2. The number of rotatable bonds is 70. The highest BCUT2D eigenvalue weighted by atomic mass is 31.2. The van der Waals surface area contributed by atoms with Crippen LogP contribution in [0.3, 0.4) is 0 Å². The molecule has 8 nitrogen and oxygen atoms in total. The maximum Gasteiger partial charge on any atom is 0.268 e. The molecule has 0 saturated carbocycles. The second kappa shape index (κ2) is 64.7. The summed E-state index contributed by atoms with van der Waals surface area (Å²) in [5, 5.41) is 14.1. The lowest BCUT2D eigenvalue weighted by Gasteiger charge is -2.30. The molecule has 3 unspecified atom stereocenters. The molecule has 0 aliphatic heterocycles. The summed E-state index contributed by atoms with van der Waals surface area (Å²) in [5.74, 6) is -0.154. The Morgan fingerprint density at radius 2 is 0.671 bits per heavy atom. The maximum atomic E-state index is 13.1. The van der Waals surface area contributed by atoms with Gasteiger partial charge in [-0.25, -0.2) is 0 Å². The van der Waals surface area contributed by atoms with E-state index in [-0.39, 0.29) is 19.1 Å². The van der Waals surface area contributed by atoms with Crippen LogP contribution in [0.4, 0.5) is 0 Å². The number of allylic oxidation sites excluding steroid dienone is 2. The zero-order valence-corrected chi connectivity index (χ0v) is 57.1. The molecule has 0 fully saturated rings. The van der Waals surface area contributed by atoms with Crippen LogP contribution in [0, 0.1) is 0 Å². The minimum absolute atomic E-state index is 0.0162. The van der Waals surface area contributed by atoms with Gasteiger partial charge in [-0.05, 0) is 38.5 Å². The van der Waals surface area contributed by atoms with E-state index in [9.17, 15) is 19.4 Å². The van der Waals surface area contributed by atoms with Gasteiger partial charge >= 0.3 is 0 Å². The Morgan fingerprint density at radius 3 is 0.951 bits per heavy atom. The van der Waals surface area contributed by atoms with Crippen molar-refractivity contribution >= 4 is 13.7 Å². The van der Waals surface area contributed by atoms with Crippen LogP contribution < -0.4 is 10.2 Å². The standard InChI is InChI=1S/C73H147N2O6P/c1-6-8-10-12-14-16-18-20-22-24-26-28-30-31-32-33-34-35-36-37-38-39-40-41-42-43-45-47-49-51-53-55-57-59-61-63-65-67-73(77)74-71(70-81-82(78,79)80-69-68-75(3,4)5)72(76)66-64-62-60-58-56-54-52-50-48-46-44-29-27-25-23-21-19-17-15-13-11-9-7-2/h24,26,71-72,76H,6-23,25,27-70H2,1-5H3,(H-,74,77,78,79)/b26-24-. The molecule has 3 atom stereocenters. The number of aliphatic hydroxyl groups is 1. The number of hydrogen-bond donors (Lipinski definition) is 2. The smallest absolute Gasteiger partial charge is 0.268 e. The maximum absolute atomic E-state index is 13.1. The first-order chi connectivity index (χ1) is 40.0. The van der Waals surface area contributed by atoms with Crippen LogP contribution in [0.15, 0.2) is 12.2 Å². The van der Waals surface area contributed by atoms with Gasteiger partial charge in [0.25, 0.3) is 7.82 Å². The quantitative estimate of drug-likeness (QED) is 0.0272. The molecule has 0 aromatic heterocycles. The lowest BCUT2D eigenvalue weighted by molar-refractivity contribution is -0.870. The number of nitrogens with one attached hydrogen (secondary N) is 1. The molecule has 1 amide bonds. The molecule has 0 aromatic rings. The molecule has 0 aliphatic carbocycles. The van der Waals surface area contributed by atoms with E-state index in [1.165, 1.54) is 334 Å². The van der Waals surface area contributed by atoms with Crippen molar-refractivity contribution in [3.8, 4) is 0 Å². The summed E-state index contributed by atoms with van der Waals surface area (Å²) in [5.41, 5.74) is 0. The summed E-state index contributed by atoms with van der Waals surface area (Å²) >= 11 is 0. The minimum atomic E-state index is -4.58. The fourth-order valence-corrected chi connectivity index (χ4v) is 12.5. The van der Waals surface area contributed by atoms with Crippen LogP contribution in [0.25, 0.3) is 0 Å². The number of unbranched alkanes of at least 4 members (excludes halogenated alkanes) is 55. The molecular formula is C73H147N2O6P. The molecule has 0 aromatic carbocycles. The van der Waals surface area contributed by atoms with E-state index in [1.54, 1.807) is 0 Å². The minimum Gasteiger partial charge on any atom is -0.756 e. The van der Waals surface area contributed by atoms with Crippen molar-refractivity contribution in [1.82, 2.24) is 5.32 Å².